The Hall–Kier alpha value is -2.42. The molecule has 0 radical (unpaired) electrons. The predicted octanol–water partition coefficient (Wildman–Crippen LogP) is 4.84. The highest BCUT2D eigenvalue weighted by atomic mass is 19.4. The van der Waals surface area contributed by atoms with Crippen LogP contribution in [0.3, 0.4) is 0 Å². The summed E-state index contributed by atoms with van der Waals surface area (Å²) in [4.78, 5) is 14.3. The Morgan fingerprint density at radius 1 is 1.00 bits per heavy atom. The number of morpholine rings is 1. The third kappa shape index (κ3) is 5.93. The highest BCUT2D eigenvalue weighted by Crippen LogP contribution is 2.49. The smallest absolute Gasteiger partial charge is 0.416 e. The number of hydrogen-bond donors (Lipinski definition) is 1. The summed E-state index contributed by atoms with van der Waals surface area (Å²) in [5.74, 6) is -4.04. The number of ether oxygens (including phenoxy) is 1. The standard InChI is InChI=1S/C21H24F9N3O3/c1-18(16(20(25,26)27)21(28,29)30)12-31(4-5-33(18)17(34)35)11-13-2-3-14(10-15(13)19(22,23)24)32-6-8-36-9-7-32/h2-3,10,16H,4-9,11-12H2,1H3,(H,34,35)/t18-/m0/s1. The van der Waals surface area contributed by atoms with E-state index < -0.39 is 61.3 Å². The zero-order valence-corrected chi connectivity index (χ0v) is 19.0. The fourth-order valence-electron chi connectivity index (χ4n) is 4.93. The number of piperazine rings is 1. The zero-order chi connectivity index (χ0) is 27.1. The van der Waals surface area contributed by atoms with Crippen molar-refractivity contribution < 1.29 is 54.2 Å². The minimum Gasteiger partial charge on any atom is -0.465 e. The average Bonchev–Trinajstić information content (AvgIpc) is 2.71. The van der Waals surface area contributed by atoms with Gasteiger partial charge in [-0.2, -0.15) is 39.5 Å². The van der Waals surface area contributed by atoms with Gasteiger partial charge in [-0.3, -0.25) is 9.80 Å². The molecule has 0 aliphatic carbocycles. The van der Waals surface area contributed by atoms with Gasteiger partial charge < -0.3 is 14.7 Å². The fourth-order valence-corrected chi connectivity index (χ4v) is 4.93. The van der Waals surface area contributed by atoms with Gasteiger partial charge in [0.15, 0.2) is 5.92 Å². The summed E-state index contributed by atoms with van der Waals surface area (Å²) in [5.41, 5.74) is -4.19. The third-order valence-corrected chi connectivity index (χ3v) is 6.48. The van der Waals surface area contributed by atoms with E-state index in [1.54, 1.807) is 4.90 Å². The van der Waals surface area contributed by atoms with E-state index in [2.05, 4.69) is 0 Å². The average molecular weight is 537 g/mol. The molecule has 0 saturated carbocycles. The fraction of sp³-hybridized carbons (Fsp3) is 0.667. The number of rotatable bonds is 4. The van der Waals surface area contributed by atoms with Crippen molar-refractivity contribution >= 4 is 11.8 Å². The zero-order valence-electron chi connectivity index (χ0n) is 19.0. The van der Waals surface area contributed by atoms with E-state index in [9.17, 15) is 49.4 Å². The normalized spacial score (nSPS) is 22.9. The molecule has 2 heterocycles. The van der Waals surface area contributed by atoms with Gasteiger partial charge in [-0.25, -0.2) is 4.79 Å². The Kier molecular flexibility index (Phi) is 7.66. The lowest BCUT2D eigenvalue weighted by atomic mass is 9.80. The maximum absolute atomic E-state index is 13.9. The molecule has 1 amide bonds. The minimum absolute atomic E-state index is 0.0708. The Labute approximate surface area is 200 Å². The van der Waals surface area contributed by atoms with Crippen LogP contribution in [0.1, 0.15) is 18.1 Å². The number of halogens is 9. The third-order valence-electron chi connectivity index (χ3n) is 6.48. The molecular formula is C21H24F9N3O3. The summed E-state index contributed by atoms with van der Waals surface area (Å²) in [6, 6.07) is 3.43. The molecule has 204 valence electrons. The van der Waals surface area contributed by atoms with E-state index in [1.165, 1.54) is 6.07 Å². The van der Waals surface area contributed by atoms with Crippen LogP contribution in [0.25, 0.3) is 0 Å². The van der Waals surface area contributed by atoms with Crippen molar-refractivity contribution in [3.8, 4) is 0 Å². The summed E-state index contributed by atoms with van der Waals surface area (Å²) in [6.07, 6.45) is -18.5. The summed E-state index contributed by atoms with van der Waals surface area (Å²) in [6.45, 7) is -0.954. The molecule has 1 aromatic carbocycles. The Balaban J connectivity index is 1.95. The van der Waals surface area contributed by atoms with Gasteiger partial charge >= 0.3 is 24.6 Å². The highest BCUT2D eigenvalue weighted by Gasteiger charge is 2.68. The molecular weight excluding hydrogens is 513 g/mol. The lowest BCUT2D eigenvalue weighted by Crippen LogP contribution is -2.70. The van der Waals surface area contributed by atoms with Crippen LogP contribution in [0.2, 0.25) is 0 Å². The van der Waals surface area contributed by atoms with Gasteiger partial charge in [-0.15, -0.1) is 0 Å². The second-order valence-electron chi connectivity index (χ2n) is 8.96. The monoisotopic (exact) mass is 537 g/mol. The number of hydrogen-bond acceptors (Lipinski definition) is 4. The number of nitrogens with zero attached hydrogens (tertiary/aromatic N) is 3. The molecule has 0 aromatic heterocycles. The van der Waals surface area contributed by atoms with E-state index >= 15 is 0 Å². The van der Waals surface area contributed by atoms with Crippen molar-refractivity contribution in [2.75, 3.05) is 50.8 Å². The van der Waals surface area contributed by atoms with Crippen LogP contribution in [-0.4, -0.2) is 84.8 Å². The molecule has 2 aliphatic heterocycles. The molecule has 1 atom stereocenters. The molecule has 1 aromatic rings. The van der Waals surface area contributed by atoms with E-state index in [4.69, 9.17) is 4.74 Å². The van der Waals surface area contributed by atoms with Gasteiger partial charge in [0.1, 0.15) is 0 Å². The lowest BCUT2D eigenvalue weighted by Gasteiger charge is -2.51. The molecule has 2 fully saturated rings. The topological polar surface area (TPSA) is 56.2 Å². The molecule has 15 heteroatoms. The van der Waals surface area contributed by atoms with E-state index in [0.717, 1.165) is 17.0 Å². The van der Waals surface area contributed by atoms with Crippen LogP contribution in [-0.2, 0) is 17.5 Å². The largest absolute Gasteiger partial charge is 0.465 e. The molecule has 36 heavy (non-hydrogen) atoms. The molecule has 0 unspecified atom stereocenters. The molecule has 2 aliphatic rings. The van der Waals surface area contributed by atoms with Crippen LogP contribution in [0.4, 0.5) is 50.0 Å². The van der Waals surface area contributed by atoms with Crippen molar-refractivity contribution in [3.05, 3.63) is 29.3 Å². The molecule has 6 nitrogen and oxygen atoms in total. The predicted molar refractivity (Wildman–Crippen MR) is 108 cm³/mol. The number of alkyl halides is 9. The van der Waals surface area contributed by atoms with E-state index in [1.807, 2.05) is 0 Å². The Morgan fingerprint density at radius 3 is 2.08 bits per heavy atom. The van der Waals surface area contributed by atoms with Crippen LogP contribution in [0, 0.1) is 5.92 Å². The number of amides is 1. The number of anilines is 1. The summed E-state index contributed by atoms with van der Waals surface area (Å²) >= 11 is 0. The Bertz CT molecular complexity index is 931. The van der Waals surface area contributed by atoms with Gasteiger partial charge in [-0.1, -0.05) is 6.07 Å². The van der Waals surface area contributed by atoms with Gasteiger partial charge in [0.2, 0.25) is 0 Å². The maximum Gasteiger partial charge on any atom is 0.416 e. The highest BCUT2D eigenvalue weighted by molar-refractivity contribution is 5.66. The van der Waals surface area contributed by atoms with Gasteiger partial charge in [0, 0.05) is 45.0 Å². The number of carbonyl (C=O) groups is 1. The van der Waals surface area contributed by atoms with Crippen molar-refractivity contribution in [1.82, 2.24) is 9.80 Å². The molecule has 2 saturated heterocycles. The SMILES string of the molecule is C[C@@]1(C(C(F)(F)F)C(F)(F)F)CN(Cc2ccc(N3CCOCC3)cc2C(F)(F)F)CCN1C(=O)O. The minimum atomic E-state index is -5.85. The lowest BCUT2D eigenvalue weighted by molar-refractivity contribution is -0.316. The van der Waals surface area contributed by atoms with Gasteiger partial charge in [0.05, 0.1) is 24.3 Å². The summed E-state index contributed by atoms with van der Waals surface area (Å²) < 4.78 is 128. The first-order valence-corrected chi connectivity index (χ1v) is 10.8. The number of carboxylic acid groups (broad SMARTS) is 1. The van der Waals surface area contributed by atoms with Crippen LogP contribution in [0.5, 0.6) is 0 Å². The molecule has 0 spiro atoms. The van der Waals surface area contributed by atoms with Crippen LogP contribution >= 0.6 is 0 Å². The molecule has 0 bridgehead atoms. The molecule has 1 N–H and O–H groups in total. The van der Waals surface area contributed by atoms with E-state index in [0.29, 0.717) is 33.2 Å². The van der Waals surface area contributed by atoms with Gasteiger partial charge in [0.25, 0.3) is 0 Å². The van der Waals surface area contributed by atoms with E-state index in [-0.39, 0.29) is 22.7 Å². The van der Waals surface area contributed by atoms with Gasteiger partial charge in [-0.05, 0) is 24.6 Å². The van der Waals surface area contributed by atoms with Crippen molar-refractivity contribution in [3.63, 3.8) is 0 Å². The maximum atomic E-state index is 13.9. The van der Waals surface area contributed by atoms with Crippen molar-refractivity contribution in [2.45, 2.75) is 37.5 Å². The van der Waals surface area contributed by atoms with Crippen molar-refractivity contribution in [2.24, 2.45) is 5.92 Å². The second kappa shape index (κ2) is 9.80. The second-order valence-corrected chi connectivity index (χ2v) is 8.96. The Morgan fingerprint density at radius 2 is 1.58 bits per heavy atom. The van der Waals surface area contributed by atoms with Crippen LogP contribution < -0.4 is 4.90 Å². The quantitative estimate of drug-likeness (QED) is 0.558. The summed E-state index contributed by atoms with van der Waals surface area (Å²) in [7, 11) is 0. The first-order chi connectivity index (χ1) is 16.4. The van der Waals surface area contributed by atoms with Crippen LogP contribution in [0.15, 0.2) is 18.2 Å². The first kappa shape index (κ1) is 28.2. The first-order valence-electron chi connectivity index (χ1n) is 10.8. The summed E-state index contributed by atoms with van der Waals surface area (Å²) in [5, 5.41) is 9.35. The number of benzene rings is 1. The van der Waals surface area contributed by atoms with Crippen molar-refractivity contribution in [1.29, 1.82) is 0 Å². The molecule has 3 rings (SSSR count).